The molecule has 4 nitrogen and oxygen atoms in total. The van der Waals surface area contributed by atoms with Crippen molar-refractivity contribution in [2.45, 2.75) is 20.0 Å². The number of ether oxygens (including phenoxy) is 1. The van der Waals surface area contributed by atoms with Gasteiger partial charge in [0.1, 0.15) is 5.01 Å². The van der Waals surface area contributed by atoms with Crippen molar-refractivity contribution in [3.8, 4) is 0 Å². The van der Waals surface area contributed by atoms with Crippen molar-refractivity contribution >= 4 is 11.3 Å². The highest BCUT2D eigenvalue weighted by Crippen LogP contribution is 2.19. The Morgan fingerprint density at radius 1 is 1.47 bits per heavy atom. The van der Waals surface area contributed by atoms with Crippen LogP contribution in [0.4, 0.5) is 0 Å². The predicted molar refractivity (Wildman–Crippen MR) is 60.8 cm³/mol. The van der Waals surface area contributed by atoms with E-state index in [-0.39, 0.29) is 0 Å². The van der Waals surface area contributed by atoms with E-state index in [0.29, 0.717) is 6.54 Å². The molecule has 1 aromatic rings. The summed E-state index contributed by atoms with van der Waals surface area (Å²) < 4.78 is 5.31. The van der Waals surface area contributed by atoms with E-state index in [4.69, 9.17) is 10.5 Å². The first-order chi connectivity index (χ1) is 7.29. The van der Waals surface area contributed by atoms with Crippen molar-refractivity contribution in [3.05, 3.63) is 15.6 Å². The van der Waals surface area contributed by atoms with E-state index in [2.05, 4.69) is 9.88 Å². The fraction of sp³-hybridized carbons (Fsp3) is 0.700. The molecular weight excluding hydrogens is 210 g/mol. The van der Waals surface area contributed by atoms with Crippen LogP contribution in [0.5, 0.6) is 0 Å². The molecule has 1 saturated heterocycles. The SMILES string of the molecule is Cc1nc(CN2CCOCC2)sc1CN. The molecule has 1 aliphatic rings. The molecule has 15 heavy (non-hydrogen) atoms. The third-order valence-corrected chi connectivity index (χ3v) is 3.75. The monoisotopic (exact) mass is 227 g/mol. The fourth-order valence-electron chi connectivity index (χ4n) is 1.70. The van der Waals surface area contributed by atoms with E-state index >= 15 is 0 Å². The van der Waals surface area contributed by atoms with Crippen LogP contribution >= 0.6 is 11.3 Å². The standard InChI is InChI=1S/C10H17N3OS/c1-8-9(6-11)15-10(12-8)7-13-2-4-14-5-3-13/h2-7,11H2,1H3. The lowest BCUT2D eigenvalue weighted by atomic mass is 10.4. The number of hydrogen-bond donors (Lipinski definition) is 1. The van der Waals surface area contributed by atoms with Gasteiger partial charge in [-0.2, -0.15) is 0 Å². The molecule has 1 aromatic heterocycles. The summed E-state index contributed by atoms with van der Waals surface area (Å²) in [7, 11) is 0. The van der Waals surface area contributed by atoms with Crippen LogP contribution in [0, 0.1) is 6.92 Å². The van der Waals surface area contributed by atoms with Crippen LogP contribution in [0.25, 0.3) is 0 Å². The number of thiazole rings is 1. The Bertz CT molecular complexity index is 320. The molecule has 0 atom stereocenters. The molecule has 0 spiro atoms. The summed E-state index contributed by atoms with van der Waals surface area (Å²) in [6.07, 6.45) is 0. The topological polar surface area (TPSA) is 51.4 Å². The maximum atomic E-state index is 5.63. The van der Waals surface area contributed by atoms with Crippen molar-refractivity contribution in [1.29, 1.82) is 0 Å². The molecule has 2 rings (SSSR count). The van der Waals surface area contributed by atoms with Crippen molar-refractivity contribution < 1.29 is 4.74 Å². The van der Waals surface area contributed by atoms with E-state index < -0.39 is 0 Å². The molecule has 0 saturated carbocycles. The summed E-state index contributed by atoms with van der Waals surface area (Å²) in [4.78, 5) is 8.12. The number of rotatable bonds is 3. The molecule has 0 unspecified atom stereocenters. The Morgan fingerprint density at radius 2 is 2.20 bits per heavy atom. The lowest BCUT2D eigenvalue weighted by Crippen LogP contribution is -2.35. The van der Waals surface area contributed by atoms with Gasteiger partial charge < -0.3 is 10.5 Å². The Morgan fingerprint density at radius 3 is 2.80 bits per heavy atom. The third kappa shape index (κ3) is 2.75. The van der Waals surface area contributed by atoms with Crippen LogP contribution in [-0.4, -0.2) is 36.2 Å². The second-order valence-electron chi connectivity index (χ2n) is 3.71. The largest absolute Gasteiger partial charge is 0.379 e. The number of nitrogens with zero attached hydrogens (tertiary/aromatic N) is 2. The number of aromatic nitrogens is 1. The van der Waals surface area contributed by atoms with E-state index in [1.54, 1.807) is 11.3 Å². The Balaban J connectivity index is 1.97. The van der Waals surface area contributed by atoms with E-state index in [1.807, 2.05) is 6.92 Å². The highest BCUT2D eigenvalue weighted by Gasteiger charge is 2.13. The summed E-state index contributed by atoms with van der Waals surface area (Å²) in [6.45, 7) is 7.28. The molecule has 5 heteroatoms. The molecular formula is C10H17N3OS. The van der Waals surface area contributed by atoms with Gasteiger partial charge in [-0.1, -0.05) is 0 Å². The zero-order valence-corrected chi connectivity index (χ0v) is 9.85. The van der Waals surface area contributed by atoms with Gasteiger partial charge >= 0.3 is 0 Å². The summed E-state index contributed by atoms with van der Waals surface area (Å²) in [5.41, 5.74) is 6.72. The normalized spacial score (nSPS) is 18.3. The van der Waals surface area contributed by atoms with Crippen LogP contribution < -0.4 is 5.73 Å². The van der Waals surface area contributed by atoms with Crippen LogP contribution in [0.15, 0.2) is 0 Å². The second-order valence-corrected chi connectivity index (χ2v) is 4.88. The molecule has 0 aromatic carbocycles. The quantitative estimate of drug-likeness (QED) is 0.827. The zero-order chi connectivity index (χ0) is 10.7. The average molecular weight is 227 g/mol. The first-order valence-electron chi connectivity index (χ1n) is 5.25. The molecule has 0 aliphatic carbocycles. The van der Waals surface area contributed by atoms with Gasteiger partial charge in [0.25, 0.3) is 0 Å². The predicted octanol–water partition coefficient (Wildman–Crippen LogP) is 0.742. The smallest absolute Gasteiger partial charge is 0.107 e. The minimum Gasteiger partial charge on any atom is -0.379 e. The highest BCUT2D eigenvalue weighted by molar-refractivity contribution is 7.11. The average Bonchev–Trinajstić information content (AvgIpc) is 2.60. The molecule has 2 N–H and O–H groups in total. The van der Waals surface area contributed by atoms with Gasteiger partial charge in [0.05, 0.1) is 25.5 Å². The summed E-state index contributed by atoms with van der Waals surface area (Å²) in [5, 5.41) is 1.18. The van der Waals surface area contributed by atoms with Crippen molar-refractivity contribution in [3.63, 3.8) is 0 Å². The lowest BCUT2D eigenvalue weighted by Gasteiger charge is -2.25. The van der Waals surface area contributed by atoms with E-state index in [0.717, 1.165) is 38.5 Å². The zero-order valence-electron chi connectivity index (χ0n) is 9.03. The Labute approximate surface area is 94.1 Å². The maximum Gasteiger partial charge on any atom is 0.107 e. The number of nitrogens with two attached hydrogens (primary N) is 1. The molecule has 1 fully saturated rings. The minimum absolute atomic E-state index is 0.604. The van der Waals surface area contributed by atoms with Crippen LogP contribution in [0.1, 0.15) is 15.6 Å². The molecule has 0 amide bonds. The van der Waals surface area contributed by atoms with Crippen LogP contribution in [0.3, 0.4) is 0 Å². The molecule has 0 radical (unpaired) electrons. The van der Waals surface area contributed by atoms with Gasteiger partial charge in [-0.25, -0.2) is 4.98 Å². The van der Waals surface area contributed by atoms with Gasteiger partial charge in [0.2, 0.25) is 0 Å². The number of aryl methyl sites for hydroxylation is 1. The Kier molecular flexibility index (Phi) is 3.69. The van der Waals surface area contributed by atoms with E-state index in [1.165, 1.54) is 9.88 Å². The van der Waals surface area contributed by atoms with Crippen molar-refractivity contribution in [2.75, 3.05) is 26.3 Å². The van der Waals surface area contributed by atoms with Crippen LogP contribution in [0.2, 0.25) is 0 Å². The lowest BCUT2D eigenvalue weighted by molar-refractivity contribution is 0.0341. The highest BCUT2D eigenvalue weighted by atomic mass is 32.1. The molecule has 1 aliphatic heterocycles. The first-order valence-corrected chi connectivity index (χ1v) is 6.06. The first kappa shape index (κ1) is 11.0. The molecule has 2 heterocycles. The number of morpholine rings is 1. The van der Waals surface area contributed by atoms with Crippen LogP contribution in [-0.2, 0) is 17.8 Å². The molecule has 84 valence electrons. The number of hydrogen-bond acceptors (Lipinski definition) is 5. The fourth-order valence-corrected chi connectivity index (χ4v) is 2.69. The van der Waals surface area contributed by atoms with Gasteiger partial charge in [-0.15, -0.1) is 11.3 Å². The van der Waals surface area contributed by atoms with E-state index in [9.17, 15) is 0 Å². The van der Waals surface area contributed by atoms with Gasteiger partial charge in [-0.3, -0.25) is 4.90 Å². The summed E-state index contributed by atoms with van der Waals surface area (Å²) in [5.74, 6) is 0. The molecule has 0 bridgehead atoms. The van der Waals surface area contributed by atoms with Crippen molar-refractivity contribution in [2.24, 2.45) is 5.73 Å². The minimum atomic E-state index is 0.604. The summed E-state index contributed by atoms with van der Waals surface area (Å²) in [6, 6.07) is 0. The second kappa shape index (κ2) is 5.03. The summed E-state index contributed by atoms with van der Waals surface area (Å²) >= 11 is 1.73. The third-order valence-electron chi connectivity index (χ3n) is 2.58. The Hall–Kier alpha value is -0.490. The maximum absolute atomic E-state index is 5.63. The van der Waals surface area contributed by atoms with Crippen molar-refractivity contribution in [1.82, 2.24) is 9.88 Å². The van der Waals surface area contributed by atoms with Gasteiger partial charge in [0, 0.05) is 24.5 Å². The van der Waals surface area contributed by atoms with Gasteiger partial charge in [-0.05, 0) is 6.92 Å². The van der Waals surface area contributed by atoms with Gasteiger partial charge in [0.15, 0.2) is 0 Å².